The van der Waals surface area contributed by atoms with E-state index >= 15 is 0 Å². The van der Waals surface area contributed by atoms with E-state index < -0.39 is 5.97 Å². The van der Waals surface area contributed by atoms with Crippen molar-refractivity contribution in [2.24, 2.45) is 0 Å². The molecule has 4 rings (SSSR count). The molecule has 2 heterocycles. The number of anilines is 2. The van der Waals surface area contributed by atoms with Crippen LogP contribution in [0.5, 0.6) is 0 Å². The van der Waals surface area contributed by atoms with Crippen LogP contribution in [0.15, 0.2) is 42.5 Å². The van der Waals surface area contributed by atoms with Crippen molar-refractivity contribution >= 4 is 40.0 Å². The van der Waals surface area contributed by atoms with Gasteiger partial charge in [0.2, 0.25) is 0 Å². The van der Waals surface area contributed by atoms with Gasteiger partial charge in [0.05, 0.1) is 42.0 Å². The molecule has 8 heteroatoms. The van der Waals surface area contributed by atoms with E-state index in [0.717, 1.165) is 5.56 Å². The number of nitrogens with zero attached hydrogens (tertiary/aromatic N) is 3. The molecule has 0 saturated carbocycles. The number of aromatic nitrogens is 1. The van der Waals surface area contributed by atoms with Gasteiger partial charge in [-0.15, -0.1) is 0 Å². The fourth-order valence-electron chi connectivity index (χ4n) is 3.79. The number of carboxylic acid groups (broad SMARTS) is 1. The molecule has 3 aromatic rings. The highest BCUT2D eigenvalue weighted by Gasteiger charge is 2.20. The second-order valence-electron chi connectivity index (χ2n) is 7.35. The van der Waals surface area contributed by atoms with Crippen molar-refractivity contribution in [3.05, 3.63) is 64.2 Å². The van der Waals surface area contributed by atoms with Gasteiger partial charge in [-0.2, -0.15) is 5.26 Å². The number of ether oxygens (including phenoxy) is 1. The number of morpholine rings is 1. The lowest BCUT2D eigenvalue weighted by molar-refractivity contribution is 0.0698. The normalized spacial score (nSPS) is 14.8. The Morgan fingerprint density at radius 1 is 1.29 bits per heavy atom. The summed E-state index contributed by atoms with van der Waals surface area (Å²) in [6.45, 7) is 4.54. The lowest BCUT2D eigenvalue weighted by Crippen LogP contribution is -2.36. The van der Waals surface area contributed by atoms with Crippen LogP contribution in [0.1, 0.15) is 34.5 Å². The maximum absolute atomic E-state index is 11.6. The molecule has 0 amide bonds. The fourth-order valence-corrected chi connectivity index (χ4v) is 4.01. The van der Waals surface area contributed by atoms with Crippen molar-refractivity contribution < 1.29 is 14.6 Å². The van der Waals surface area contributed by atoms with E-state index in [1.165, 1.54) is 0 Å². The second kappa shape index (κ2) is 8.80. The van der Waals surface area contributed by atoms with E-state index in [2.05, 4.69) is 16.3 Å². The van der Waals surface area contributed by atoms with Crippen LogP contribution in [0.3, 0.4) is 0 Å². The number of benzene rings is 2. The average Bonchev–Trinajstić information content (AvgIpc) is 2.78. The summed E-state index contributed by atoms with van der Waals surface area (Å²) in [5, 5.41) is 23.7. The van der Waals surface area contributed by atoms with Crippen LogP contribution in [0.4, 0.5) is 11.5 Å². The summed E-state index contributed by atoms with van der Waals surface area (Å²) in [4.78, 5) is 18.6. The van der Waals surface area contributed by atoms with Gasteiger partial charge in [-0.1, -0.05) is 23.7 Å². The number of carbonyl (C=O) groups is 1. The zero-order valence-electron chi connectivity index (χ0n) is 16.9. The number of pyridine rings is 1. The molecule has 31 heavy (non-hydrogen) atoms. The number of hydrogen-bond donors (Lipinski definition) is 2. The van der Waals surface area contributed by atoms with Gasteiger partial charge < -0.3 is 20.1 Å². The topological polar surface area (TPSA) is 98.5 Å². The first-order chi connectivity index (χ1) is 15.0. The number of rotatable bonds is 5. The third kappa shape index (κ3) is 4.26. The quantitative estimate of drug-likeness (QED) is 0.608. The van der Waals surface area contributed by atoms with Crippen LogP contribution < -0.4 is 10.2 Å². The molecule has 7 nitrogen and oxygen atoms in total. The van der Waals surface area contributed by atoms with Gasteiger partial charge in [-0.25, -0.2) is 9.78 Å². The molecule has 1 aliphatic heterocycles. The summed E-state index contributed by atoms with van der Waals surface area (Å²) in [6.07, 6.45) is 0. The van der Waals surface area contributed by atoms with Crippen LogP contribution in [0.25, 0.3) is 10.9 Å². The summed E-state index contributed by atoms with van der Waals surface area (Å²) in [7, 11) is 0. The molecule has 158 valence electrons. The van der Waals surface area contributed by atoms with Crippen LogP contribution in [0.2, 0.25) is 5.02 Å². The fraction of sp³-hybridized carbons (Fsp3) is 0.261. The monoisotopic (exact) mass is 436 g/mol. The van der Waals surface area contributed by atoms with Gasteiger partial charge in [-0.3, -0.25) is 0 Å². The Balaban J connectivity index is 1.81. The van der Waals surface area contributed by atoms with E-state index in [1.54, 1.807) is 36.4 Å². The third-order valence-corrected chi connectivity index (χ3v) is 5.56. The van der Waals surface area contributed by atoms with Crippen molar-refractivity contribution in [3.63, 3.8) is 0 Å². The first kappa shape index (κ1) is 20.9. The van der Waals surface area contributed by atoms with Gasteiger partial charge >= 0.3 is 5.97 Å². The van der Waals surface area contributed by atoms with Crippen molar-refractivity contribution in [2.45, 2.75) is 13.0 Å². The van der Waals surface area contributed by atoms with Gasteiger partial charge in [0.1, 0.15) is 5.82 Å². The Morgan fingerprint density at radius 3 is 2.74 bits per heavy atom. The SMILES string of the molecule is CC(Nc1ccccc1C(=O)O)c1cc(Cl)cc2c(C#N)cc(N3CCOCC3)nc12. The summed E-state index contributed by atoms with van der Waals surface area (Å²) in [6, 6.07) is 14.0. The van der Waals surface area contributed by atoms with E-state index in [9.17, 15) is 15.2 Å². The second-order valence-corrected chi connectivity index (χ2v) is 7.78. The van der Waals surface area contributed by atoms with Crippen molar-refractivity contribution in [3.8, 4) is 6.07 Å². The molecule has 0 spiro atoms. The van der Waals surface area contributed by atoms with E-state index in [-0.39, 0.29) is 11.6 Å². The molecule has 1 aliphatic rings. The highest BCUT2D eigenvalue weighted by atomic mass is 35.5. The number of fused-ring (bicyclic) bond motifs is 1. The minimum Gasteiger partial charge on any atom is -0.478 e. The molecule has 0 aliphatic carbocycles. The van der Waals surface area contributed by atoms with Crippen LogP contribution in [0, 0.1) is 11.3 Å². The predicted molar refractivity (Wildman–Crippen MR) is 120 cm³/mol. The highest BCUT2D eigenvalue weighted by molar-refractivity contribution is 6.31. The number of aromatic carboxylic acids is 1. The molecular weight excluding hydrogens is 416 g/mol. The molecule has 1 fully saturated rings. The molecule has 2 aromatic carbocycles. The zero-order valence-corrected chi connectivity index (χ0v) is 17.7. The highest BCUT2D eigenvalue weighted by Crippen LogP contribution is 2.33. The molecule has 1 aromatic heterocycles. The summed E-state index contributed by atoms with van der Waals surface area (Å²) < 4.78 is 5.43. The maximum Gasteiger partial charge on any atom is 0.337 e. The Kier molecular flexibility index (Phi) is 5.94. The van der Waals surface area contributed by atoms with Crippen molar-refractivity contribution in [2.75, 3.05) is 36.5 Å². The van der Waals surface area contributed by atoms with Gasteiger partial charge in [-0.05, 0) is 37.3 Å². The number of nitrogens with one attached hydrogen (secondary N) is 1. The van der Waals surface area contributed by atoms with Gasteiger partial charge in [0.15, 0.2) is 0 Å². The number of hydrogen-bond acceptors (Lipinski definition) is 6. The molecule has 0 radical (unpaired) electrons. The van der Waals surface area contributed by atoms with Gasteiger partial charge in [0, 0.05) is 34.7 Å². The van der Waals surface area contributed by atoms with Crippen LogP contribution in [-0.2, 0) is 4.74 Å². The summed E-state index contributed by atoms with van der Waals surface area (Å²) in [5.41, 5.74) is 2.63. The lowest BCUT2D eigenvalue weighted by Gasteiger charge is -2.28. The molecule has 1 atom stereocenters. The van der Waals surface area contributed by atoms with E-state index in [1.807, 2.05) is 13.0 Å². The minimum absolute atomic E-state index is 0.181. The molecule has 1 saturated heterocycles. The maximum atomic E-state index is 11.6. The Hall–Kier alpha value is -3.34. The summed E-state index contributed by atoms with van der Waals surface area (Å²) in [5.74, 6) is -0.292. The van der Waals surface area contributed by atoms with Crippen molar-refractivity contribution in [1.82, 2.24) is 4.98 Å². The first-order valence-corrected chi connectivity index (χ1v) is 10.3. The standard InChI is InChI=1S/C23H21ClN4O3/c1-14(26-20-5-3-2-4-17(20)23(29)30)18-11-16(24)12-19-15(13-25)10-21(27-22(18)19)28-6-8-31-9-7-28/h2-5,10-12,14,26H,6-9H2,1H3,(H,29,30). The van der Waals surface area contributed by atoms with E-state index in [4.69, 9.17) is 21.3 Å². The number of carboxylic acids is 1. The van der Waals surface area contributed by atoms with Crippen LogP contribution in [-0.4, -0.2) is 42.4 Å². The molecular formula is C23H21ClN4O3. The molecule has 1 unspecified atom stereocenters. The number of halogens is 1. The largest absolute Gasteiger partial charge is 0.478 e. The number of nitriles is 1. The van der Waals surface area contributed by atoms with E-state index in [0.29, 0.717) is 59.3 Å². The Labute approximate surface area is 184 Å². The lowest BCUT2D eigenvalue weighted by atomic mass is 10.00. The Morgan fingerprint density at radius 2 is 2.03 bits per heavy atom. The molecule has 2 N–H and O–H groups in total. The Bertz CT molecular complexity index is 1190. The zero-order chi connectivity index (χ0) is 22.0. The van der Waals surface area contributed by atoms with Crippen LogP contribution >= 0.6 is 11.6 Å². The smallest absolute Gasteiger partial charge is 0.337 e. The van der Waals surface area contributed by atoms with Crippen molar-refractivity contribution in [1.29, 1.82) is 5.26 Å². The average molecular weight is 437 g/mol. The van der Waals surface area contributed by atoms with Gasteiger partial charge in [0.25, 0.3) is 0 Å². The summed E-state index contributed by atoms with van der Waals surface area (Å²) >= 11 is 6.38. The number of para-hydroxylation sites is 1. The predicted octanol–water partition coefficient (Wildman–Crippen LogP) is 4.47. The first-order valence-electron chi connectivity index (χ1n) is 9.94. The minimum atomic E-state index is -1.01. The third-order valence-electron chi connectivity index (χ3n) is 5.35. The molecule has 0 bridgehead atoms.